The summed E-state index contributed by atoms with van der Waals surface area (Å²) >= 11 is 0. The van der Waals surface area contributed by atoms with Crippen molar-refractivity contribution in [1.29, 1.82) is 0 Å². The van der Waals surface area contributed by atoms with Crippen LogP contribution < -0.4 is 0 Å². The molecule has 74 valence electrons. The van der Waals surface area contributed by atoms with Crippen LogP contribution in [0.4, 0.5) is 0 Å². The van der Waals surface area contributed by atoms with Crippen LogP contribution >= 0.6 is 0 Å². The van der Waals surface area contributed by atoms with Gasteiger partial charge in [-0.2, -0.15) is 0 Å². The fourth-order valence-electron chi connectivity index (χ4n) is 1.46. The molecule has 0 N–H and O–H groups in total. The van der Waals surface area contributed by atoms with Gasteiger partial charge >= 0.3 is 0 Å². The number of hydrogen-bond donors (Lipinski definition) is 0. The number of allylic oxidation sites excluding steroid dienone is 2. The van der Waals surface area contributed by atoms with Crippen LogP contribution in [-0.2, 0) is 9.53 Å². The van der Waals surface area contributed by atoms with Crippen molar-refractivity contribution in [3.63, 3.8) is 0 Å². The fraction of sp³-hybridized carbons (Fsp3) is 0.727. The van der Waals surface area contributed by atoms with Crippen LogP contribution in [0, 0.1) is 0 Å². The molecule has 0 saturated carbocycles. The molecule has 0 aromatic rings. The van der Waals surface area contributed by atoms with Gasteiger partial charge in [-0.3, -0.25) is 0 Å². The second-order valence-electron chi connectivity index (χ2n) is 3.82. The summed E-state index contributed by atoms with van der Waals surface area (Å²) in [6.45, 7) is 4.22. The lowest BCUT2D eigenvalue weighted by atomic mass is 10.1. The van der Waals surface area contributed by atoms with E-state index in [9.17, 15) is 4.79 Å². The molecular formula is C11H18O2. The number of hydrogen-bond acceptors (Lipinski definition) is 2. The predicted octanol–water partition coefficient (Wildman–Crippen LogP) is 2.48. The Kier molecular flexibility index (Phi) is 4.16. The summed E-state index contributed by atoms with van der Waals surface area (Å²) in [5.74, 6) is 0. The molecule has 1 fully saturated rings. The lowest BCUT2D eigenvalue weighted by Crippen LogP contribution is -1.93. The van der Waals surface area contributed by atoms with E-state index in [1.807, 2.05) is 0 Å². The topological polar surface area (TPSA) is 29.6 Å². The highest BCUT2D eigenvalue weighted by Gasteiger charge is 2.36. The van der Waals surface area contributed by atoms with E-state index in [0.717, 1.165) is 25.5 Å². The Balaban J connectivity index is 2.01. The molecule has 0 amide bonds. The minimum Gasteiger partial charge on any atom is -0.370 e. The van der Waals surface area contributed by atoms with Crippen LogP contribution in [0.3, 0.4) is 0 Å². The number of carbonyl (C=O) groups is 1. The molecule has 13 heavy (non-hydrogen) atoms. The smallest absolute Gasteiger partial charge is 0.120 e. The lowest BCUT2D eigenvalue weighted by molar-refractivity contribution is -0.108. The van der Waals surface area contributed by atoms with Gasteiger partial charge in [-0.25, -0.2) is 0 Å². The third kappa shape index (κ3) is 4.23. The third-order valence-corrected chi connectivity index (χ3v) is 2.26. The quantitative estimate of drug-likeness (QED) is 0.359. The zero-order valence-corrected chi connectivity index (χ0v) is 8.45. The molecule has 0 aromatic heterocycles. The molecule has 0 radical (unpaired) electrons. The normalized spacial score (nSPS) is 25.4. The van der Waals surface area contributed by atoms with Crippen molar-refractivity contribution in [2.24, 2.45) is 0 Å². The van der Waals surface area contributed by atoms with Gasteiger partial charge < -0.3 is 9.53 Å². The highest BCUT2D eigenvalue weighted by atomic mass is 16.6. The van der Waals surface area contributed by atoms with E-state index < -0.39 is 0 Å². The monoisotopic (exact) mass is 182 g/mol. The second kappa shape index (κ2) is 5.18. The van der Waals surface area contributed by atoms with Crippen LogP contribution in [0.2, 0.25) is 0 Å². The van der Waals surface area contributed by atoms with Gasteiger partial charge in [0.2, 0.25) is 0 Å². The van der Waals surface area contributed by atoms with Crippen molar-refractivity contribution in [3.05, 3.63) is 11.6 Å². The van der Waals surface area contributed by atoms with Crippen molar-refractivity contribution < 1.29 is 9.53 Å². The van der Waals surface area contributed by atoms with Gasteiger partial charge in [-0.15, -0.1) is 0 Å². The third-order valence-electron chi connectivity index (χ3n) is 2.26. The summed E-state index contributed by atoms with van der Waals surface area (Å²) in [7, 11) is 0. The van der Waals surface area contributed by atoms with Crippen LogP contribution in [0.15, 0.2) is 11.6 Å². The number of aldehydes is 1. The first-order chi connectivity index (χ1) is 6.24. The number of carbonyl (C=O) groups excluding carboxylic acids is 1. The molecular weight excluding hydrogens is 164 g/mol. The Morgan fingerprint density at radius 1 is 1.23 bits per heavy atom. The van der Waals surface area contributed by atoms with Crippen LogP contribution in [0.5, 0.6) is 0 Å². The molecule has 1 heterocycles. The Morgan fingerprint density at radius 2 is 1.85 bits per heavy atom. The maximum absolute atomic E-state index is 10.1. The van der Waals surface area contributed by atoms with Crippen molar-refractivity contribution in [3.8, 4) is 0 Å². The highest BCUT2D eigenvalue weighted by molar-refractivity contribution is 5.49. The molecule has 1 aliphatic heterocycles. The predicted molar refractivity (Wildman–Crippen MR) is 52.6 cm³/mol. The summed E-state index contributed by atoms with van der Waals surface area (Å²) in [5.41, 5.74) is 1.37. The van der Waals surface area contributed by atoms with Gasteiger partial charge in [-0.05, 0) is 33.1 Å². The minimum atomic E-state index is 0.371. The molecule has 1 saturated heterocycles. The molecule has 0 spiro atoms. The van der Waals surface area contributed by atoms with Crippen LogP contribution in [0.1, 0.15) is 39.5 Å². The molecule has 0 unspecified atom stereocenters. The summed E-state index contributed by atoms with van der Waals surface area (Å²) in [6.07, 6.45) is 7.76. The minimum absolute atomic E-state index is 0.371. The summed E-state index contributed by atoms with van der Waals surface area (Å²) in [5, 5.41) is 0. The van der Waals surface area contributed by atoms with Gasteiger partial charge in [0, 0.05) is 6.42 Å². The second-order valence-corrected chi connectivity index (χ2v) is 3.82. The Hall–Kier alpha value is -0.630. The van der Waals surface area contributed by atoms with E-state index >= 15 is 0 Å². The van der Waals surface area contributed by atoms with E-state index in [-0.39, 0.29) is 0 Å². The van der Waals surface area contributed by atoms with E-state index in [1.165, 1.54) is 5.57 Å². The van der Waals surface area contributed by atoms with Gasteiger partial charge in [0.1, 0.15) is 6.29 Å². The molecule has 0 bridgehead atoms. The first-order valence-electron chi connectivity index (χ1n) is 4.96. The van der Waals surface area contributed by atoms with Crippen molar-refractivity contribution in [1.82, 2.24) is 0 Å². The van der Waals surface area contributed by atoms with E-state index in [1.54, 1.807) is 0 Å². The molecule has 2 atom stereocenters. The Bertz CT molecular complexity index is 192. The largest absolute Gasteiger partial charge is 0.370 e. The summed E-state index contributed by atoms with van der Waals surface area (Å²) in [4.78, 5) is 10.1. The first kappa shape index (κ1) is 10.5. The van der Waals surface area contributed by atoms with Crippen molar-refractivity contribution >= 4 is 6.29 Å². The number of epoxide rings is 1. The fourth-order valence-corrected chi connectivity index (χ4v) is 1.46. The van der Waals surface area contributed by atoms with Crippen LogP contribution in [0.25, 0.3) is 0 Å². The maximum atomic E-state index is 10.1. The maximum Gasteiger partial charge on any atom is 0.120 e. The summed E-state index contributed by atoms with van der Waals surface area (Å²) in [6, 6.07) is 0. The Morgan fingerprint density at radius 3 is 2.38 bits per heavy atom. The van der Waals surface area contributed by atoms with E-state index in [2.05, 4.69) is 19.9 Å². The molecule has 1 aliphatic rings. The average molecular weight is 182 g/mol. The molecule has 0 aromatic carbocycles. The van der Waals surface area contributed by atoms with E-state index in [4.69, 9.17) is 4.74 Å². The lowest BCUT2D eigenvalue weighted by Gasteiger charge is -1.91. The van der Waals surface area contributed by atoms with Gasteiger partial charge in [0.25, 0.3) is 0 Å². The molecule has 2 heteroatoms. The van der Waals surface area contributed by atoms with Gasteiger partial charge in [0.15, 0.2) is 0 Å². The number of ether oxygens (including phenoxy) is 1. The zero-order chi connectivity index (χ0) is 9.68. The zero-order valence-electron chi connectivity index (χ0n) is 8.45. The number of rotatable bonds is 6. The SMILES string of the molecule is CC(C)=CCC[C@H]1O[C@H]1CCC=O. The molecule has 0 aliphatic carbocycles. The Labute approximate surface area is 80.0 Å². The van der Waals surface area contributed by atoms with Gasteiger partial charge in [0.05, 0.1) is 12.2 Å². The standard InChI is InChI=1S/C11H18O2/c1-9(2)5-3-6-10-11(13-10)7-4-8-12/h5,8,10-11H,3-4,6-7H2,1-2H3/t10-,11+/m1/s1. The highest BCUT2D eigenvalue weighted by Crippen LogP contribution is 2.30. The van der Waals surface area contributed by atoms with Crippen molar-refractivity contribution in [2.45, 2.75) is 51.7 Å². The van der Waals surface area contributed by atoms with Crippen molar-refractivity contribution in [2.75, 3.05) is 0 Å². The molecule has 1 rings (SSSR count). The molecule has 2 nitrogen and oxygen atoms in total. The van der Waals surface area contributed by atoms with E-state index in [0.29, 0.717) is 18.6 Å². The van der Waals surface area contributed by atoms with Gasteiger partial charge in [-0.1, -0.05) is 11.6 Å². The average Bonchev–Trinajstić information content (AvgIpc) is 2.80. The first-order valence-corrected chi connectivity index (χ1v) is 4.96. The summed E-state index contributed by atoms with van der Waals surface area (Å²) < 4.78 is 5.41. The van der Waals surface area contributed by atoms with Crippen LogP contribution in [-0.4, -0.2) is 18.5 Å².